The highest BCUT2D eigenvalue weighted by Gasteiger charge is 2.30. The maximum atomic E-state index is 12.7. The number of rotatable bonds is 10. The Balaban J connectivity index is 1.46. The van der Waals surface area contributed by atoms with Crippen LogP contribution < -0.4 is 10.9 Å². The van der Waals surface area contributed by atoms with Crippen LogP contribution in [0.1, 0.15) is 76.0 Å². The molecule has 0 bridgehead atoms. The van der Waals surface area contributed by atoms with Crippen LogP contribution in [-0.4, -0.2) is 43.4 Å². The summed E-state index contributed by atoms with van der Waals surface area (Å²) in [6, 6.07) is 7.54. The highest BCUT2D eigenvalue weighted by Crippen LogP contribution is 2.37. The SMILES string of the molecule is Cc1cc(-c2nc3ccc(CN[C@H](C(=O)OC4CCC4)[C@@H](C)O)cc3n2[C@@H](C)CC2CCC2)cn(C)c1=O. The lowest BCUT2D eigenvalue weighted by atomic mass is 9.81. The van der Waals surface area contributed by atoms with Gasteiger partial charge in [0.25, 0.3) is 5.56 Å². The van der Waals surface area contributed by atoms with Crippen molar-refractivity contribution in [2.75, 3.05) is 0 Å². The highest BCUT2D eigenvalue weighted by atomic mass is 16.5. The second-order valence-electron chi connectivity index (χ2n) is 11.4. The maximum Gasteiger partial charge on any atom is 0.326 e. The molecular formula is C30H40N4O4. The first-order valence-electron chi connectivity index (χ1n) is 14.0. The fourth-order valence-corrected chi connectivity index (χ4v) is 5.62. The standard InChI is InChI=1S/C30H40N4O4/c1-18-13-23(17-33(4)29(18)36)28-32-25-12-11-22(15-26(25)34(28)19(2)14-21-7-5-8-21)16-31-27(20(3)35)30(37)38-24-9-6-10-24/h11-13,15,17,19-21,24,27,31,35H,5-10,14,16H2,1-4H3/t19-,20+,27-/m0/s1. The number of fused-ring (bicyclic) bond motifs is 1. The van der Waals surface area contributed by atoms with Gasteiger partial charge in [0.2, 0.25) is 0 Å². The number of imidazole rings is 1. The molecule has 0 spiro atoms. The summed E-state index contributed by atoms with van der Waals surface area (Å²) in [5.74, 6) is 1.20. The number of carbonyl (C=O) groups is 1. The van der Waals surface area contributed by atoms with Gasteiger partial charge in [0.05, 0.1) is 17.1 Å². The highest BCUT2D eigenvalue weighted by molar-refractivity contribution is 5.82. The van der Waals surface area contributed by atoms with Crippen molar-refractivity contribution in [2.45, 2.75) is 96.6 Å². The Labute approximate surface area is 224 Å². The van der Waals surface area contributed by atoms with E-state index in [2.05, 4.69) is 22.9 Å². The van der Waals surface area contributed by atoms with Crippen LogP contribution >= 0.6 is 0 Å². The number of nitrogens with zero attached hydrogens (tertiary/aromatic N) is 3. The Morgan fingerprint density at radius 1 is 1.18 bits per heavy atom. The molecule has 2 saturated carbocycles. The van der Waals surface area contributed by atoms with E-state index in [4.69, 9.17) is 9.72 Å². The van der Waals surface area contributed by atoms with Crippen LogP contribution in [0.4, 0.5) is 0 Å². The van der Waals surface area contributed by atoms with E-state index >= 15 is 0 Å². The molecule has 2 heterocycles. The number of benzene rings is 1. The van der Waals surface area contributed by atoms with Crippen molar-refractivity contribution in [3.05, 3.63) is 51.9 Å². The Hall–Kier alpha value is -2.97. The lowest BCUT2D eigenvalue weighted by Gasteiger charge is -2.29. The molecule has 1 aromatic carbocycles. The monoisotopic (exact) mass is 520 g/mol. The number of esters is 1. The number of aryl methyl sites for hydroxylation is 2. The quantitative estimate of drug-likeness (QED) is 0.385. The number of aliphatic hydroxyl groups excluding tert-OH is 1. The molecule has 5 rings (SSSR count). The van der Waals surface area contributed by atoms with E-state index in [-0.39, 0.29) is 17.7 Å². The molecule has 3 atom stereocenters. The van der Waals surface area contributed by atoms with Crippen molar-refractivity contribution in [2.24, 2.45) is 13.0 Å². The summed E-state index contributed by atoms with van der Waals surface area (Å²) in [7, 11) is 1.78. The van der Waals surface area contributed by atoms with Crippen molar-refractivity contribution < 1.29 is 14.6 Å². The zero-order valence-corrected chi connectivity index (χ0v) is 22.9. The summed E-state index contributed by atoms with van der Waals surface area (Å²) in [6.07, 6.45) is 8.81. The maximum absolute atomic E-state index is 12.7. The van der Waals surface area contributed by atoms with Crippen molar-refractivity contribution in [3.8, 4) is 11.4 Å². The van der Waals surface area contributed by atoms with Crippen LogP contribution in [0.15, 0.2) is 35.3 Å². The predicted molar refractivity (Wildman–Crippen MR) is 148 cm³/mol. The number of ether oxygens (including phenoxy) is 1. The number of carbonyl (C=O) groups excluding carboxylic acids is 1. The van der Waals surface area contributed by atoms with E-state index < -0.39 is 18.1 Å². The number of pyridine rings is 1. The first kappa shape index (κ1) is 26.6. The molecule has 0 aliphatic heterocycles. The minimum atomic E-state index is -0.862. The Morgan fingerprint density at radius 3 is 2.53 bits per heavy atom. The van der Waals surface area contributed by atoms with E-state index in [1.807, 2.05) is 31.3 Å². The van der Waals surface area contributed by atoms with Gasteiger partial charge in [-0.25, -0.2) is 4.98 Å². The third-order valence-corrected chi connectivity index (χ3v) is 8.31. The lowest BCUT2D eigenvalue weighted by molar-refractivity contribution is -0.158. The van der Waals surface area contributed by atoms with E-state index in [1.165, 1.54) is 19.3 Å². The zero-order chi connectivity index (χ0) is 27.0. The first-order valence-corrected chi connectivity index (χ1v) is 14.0. The second kappa shape index (κ2) is 11.0. The lowest BCUT2D eigenvalue weighted by Crippen LogP contribution is -2.47. The third-order valence-electron chi connectivity index (χ3n) is 8.31. The summed E-state index contributed by atoms with van der Waals surface area (Å²) in [5.41, 5.74) is 4.54. The van der Waals surface area contributed by atoms with Gasteiger partial charge < -0.3 is 19.0 Å². The molecule has 0 radical (unpaired) electrons. The number of hydrogen-bond donors (Lipinski definition) is 2. The summed E-state index contributed by atoms with van der Waals surface area (Å²) in [4.78, 5) is 30.0. The Morgan fingerprint density at radius 2 is 1.92 bits per heavy atom. The van der Waals surface area contributed by atoms with Crippen molar-refractivity contribution in [3.63, 3.8) is 0 Å². The Bertz CT molecular complexity index is 1340. The average molecular weight is 521 g/mol. The summed E-state index contributed by atoms with van der Waals surface area (Å²) in [5, 5.41) is 13.5. The van der Waals surface area contributed by atoms with Gasteiger partial charge in [0.1, 0.15) is 18.0 Å². The fourth-order valence-electron chi connectivity index (χ4n) is 5.62. The summed E-state index contributed by atoms with van der Waals surface area (Å²) >= 11 is 0. The molecule has 2 N–H and O–H groups in total. The molecule has 204 valence electrons. The molecule has 2 aliphatic carbocycles. The van der Waals surface area contributed by atoms with Gasteiger partial charge in [-0.3, -0.25) is 14.9 Å². The first-order chi connectivity index (χ1) is 18.2. The molecule has 0 saturated heterocycles. The normalized spacial score (nSPS) is 18.6. The predicted octanol–water partition coefficient (Wildman–Crippen LogP) is 4.40. The number of aliphatic hydroxyl groups is 1. The minimum Gasteiger partial charge on any atom is -0.461 e. The van der Waals surface area contributed by atoms with E-state index in [1.54, 1.807) is 18.5 Å². The Kier molecular flexibility index (Phi) is 7.73. The summed E-state index contributed by atoms with van der Waals surface area (Å²) < 4.78 is 9.49. The number of aromatic nitrogens is 3. The smallest absolute Gasteiger partial charge is 0.326 e. The molecule has 2 aromatic heterocycles. The molecule has 3 aromatic rings. The van der Waals surface area contributed by atoms with Gasteiger partial charge in [-0.15, -0.1) is 0 Å². The van der Waals surface area contributed by atoms with Crippen LogP contribution in [0.3, 0.4) is 0 Å². The van der Waals surface area contributed by atoms with E-state index in [0.717, 1.165) is 59.6 Å². The van der Waals surface area contributed by atoms with Crippen LogP contribution in [0, 0.1) is 12.8 Å². The van der Waals surface area contributed by atoms with Crippen molar-refractivity contribution >= 4 is 17.0 Å². The molecule has 2 fully saturated rings. The third kappa shape index (κ3) is 5.43. The minimum absolute atomic E-state index is 0.00390. The molecule has 8 heteroatoms. The van der Waals surface area contributed by atoms with Gasteiger partial charge in [-0.05, 0) is 76.1 Å². The van der Waals surface area contributed by atoms with E-state index in [9.17, 15) is 14.7 Å². The van der Waals surface area contributed by atoms with Crippen molar-refractivity contribution in [1.29, 1.82) is 0 Å². The second-order valence-corrected chi connectivity index (χ2v) is 11.4. The molecule has 0 amide bonds. The van der Waals surface area contributed by atoms with Crippen LogP contribution in [0.25, 0.3) is 22.4 Å². The molecule has 0 unspecified atom stereocenters. The van der Waals surface area contributed by atoms with Gasteiger partial charge in [-0.2, -0.15) is 0 Å². The molecule has 8 nitrogen and oxygen atoms in total. The van der Waals surface area contributed by atoms with E-state index in [0.29, 0.717) is 12.1 Å². The van der Waals surface area contributed by atoms with Gasteiger partial charge in [0.15, 0.2) is 0 Å². The summed E-state index contributed by atoms with van der Waals surface area (Å²) in [6.45, 7) is 6.13. The van der Waals surface area contributed by atoms with Gasteiger partial charge in [-0.1, -0.05) is 25.3 Å². The average Bonchev–Trinajstić information content (AvgIpc) is 3.20. The van der Waals surface area contributed by atoms with Crippen LogP contribution in [0.5, 0.6) is 0 Å². The molecule has 38 heavy (non-hydrogen) atoms. The van der Waals surface area contributed by atoms with Crippen LogP contribution in [0.2, 0.25) is 0 Å². The zero-order valence-electron chi connectivity index (χ0n) is 22.9. The number of hydrogen-bond acceptors (Lipinski definition) is 6. The largest absolute Gasteiger partial charge is 0.461 e. The van der Waals surface area contributed by atoms with Gasteiger partial charge in [0, 0.05) is 37.0 Å². The topological polar surface area (TPSA) is 98.4 Å². The number of nitrogens with one attached hydrogen (secondary N) is 1. The molecule has 2 aliphatic rings. The van der Waals surface area contributed by atoms with Gasteiger partial charge >= 0.3 is 5.97 Å². The van der Waals surface area contributed by atoms with Crippen molar-refractivity contribution in [1.82, 2.24) is 19.4 Å². The van der Waals surface area contributed by atoms with Crippen LogP contribution in [-0.2, 0) is 23.1 Å². The fraction of sp³-hybridized carbons (Fsp3) is 0.567. The molecular weight excluding hydrogens is 480 g/mol.